The number of anilines is 1. The van der Waals surface area contributed by atoms with Crippen LogP contribution in [0.3, 0.4) is 0 Å². The normalized spacial score (nSPS) is 20.4. The Balaban J connectivity index is 2.12. The van der Waals surface area contributed by atoms with Crippen molar-refractivity contribution in [2.45, 2.75) is 13.3 Å². The summed E-state index contributed by atoms with van der Waals surface area (Å²) in [6.45, 7) is 2.38. The van der Waals surface area contributed by atoms with Crippen molar-refractivity contribution in [3.8, 4) is 0 Å². The van der Waals surface area contributed by atoms with Gasteiger partial charge in [-0.25, -0.2) is 8.42 Å². The van der Waals surface area contributed by atoms with Crippen molar-refractivity contribution in [2.24, 2.45) is 5.92 Å². The predicted octanol–water partition coefficient (Wildman–Crippen LogP) is 1.92. The lowest BCUT2D eigenvalue weighted by Gasteiger charge is -2.16. The van der Waals surface area contributed by atoms with Crippen LogP contribution in [0.15, 0.2) is 24.3 Å². The molecule has 0 aromatic heterocycles. The molecule has 1 saturated heterocycles. The molecule has 1 unspecified atom stereocenters. The number of carbonyl (C=O) groups excluding carboxylic acids is 1. The van der Waals surface area contributed by atoms with Crippen LogP contribution < -0.4 is 4.90 Å². The van der Waals surface area contributed by atoms with Crippen molar-refractivity contribution in [3.63, 3.8) is 0 Å². The van der Waals surface area contributed by atoms with Crippen LogP contribution in [-0.4, -0.2) is 26.6 Å². The topological polar surface area (TPSA) is 54.5 Å². The first-order chi connectivity index (χ1) is 8.35. The second-order valence-electron chi connectivity index (χ2n) is 4.62. The molecule has 6 heteroatoms. The van der Waals surface area contributed by atoms with Gasteiger partial charge in [0, 0.05) is 35.3 Å². The van der Waals surface area contributed by atoms with Crippen molar-refractivity contribution in [1.29, 1.82) is 0 Å². The van der Waals surface area contributed by atoms with Crippen molar-refractivity contribution in [2.75, 3.05) is 17.2 Å². The minimum atomic E-state index is -3.55. The SMILES string of the molecule is Cc1ccc(N2CC(CS(=O)(=O)Cl)CC2=O)cc1. The molecule has 1 aromatic carbocycles. The Bertz CT molecular complexity index is 553. The molecule has 0 spiro atoms. The third-order valence-electron chi connectivity index (χ3n) is 2.99. The fourth-order valence-corrected chi connectivity index (χ4v) is 3.47. The second kappa shape index (κ2) is 4.90. The Morgan fingerprint density at radius 1 is 1.33 bits per heavy atom. The summed E-state index contributed by atoms with van der Waals surface area (Å²) in [4.78, 5) is 13.5. The van der Waals surface area contributed by atoms with E-state index in [-0.39, 0.29) is 24.0 Å². The Morgan fingerprint density at radius 3 is 2.50 bits per heavy atom. The summed E-state index contributed by atoms with van der Waals surface area (Å²) in [5, 5.41) is 0. The quantitative estimate of drug-likeness (QED) is 0.798. The smallest absolute Gasteiger partial charge is 0.232 e. The molecule has 98 valence electrons. The highest BCUT2D eigenvalue weighted by Gasteiger charge is 2.32. The van der Waals surface area contributed by atoms with Gasteiger partial charge < -0.3 is 4.90 Å². The molecule has 0 N–H and O–H groups in total. The minimum Gasteiger partial charge on any atom is -0.312 e. The number of hydrogen-bond donors (Lipinski definition) is 0. The van der Waals surface area contributed by atoms with Crippen LogP contribution in [-0.2, 0) is 13.8 Å². The van der Waals surface area contributed by atoms with Gasteiger partial charge in [-0.3, -0.25) is 4.79 Å². The van der Waals surface area contributed by atoms with Crippen molar-refractivity contribution >= 4 is 31.3 Å². The molecule has 1 aliphatic heterocycles. The lowest BCUT2D eigenvalue weighted by molar-refractivity contribution is -0.117. The first-order valence-corrected chi connectivity index (χ1v) is 8.12. The van der Waals surface area contributed by atoms with Crippen molar-refractivity contribution in [3.05, 3.63) is 29.8 Å². The van der Waals surface area contributed by atoms with Crippen LogP contribution in [0.1, 0.15) is 12.0 Å². The molecular weight excluding hydrogens is 274 g/mol. The van der Waals surface area contributed by atoms with Crippen LogP contribution >= 0.6 is 10.7 Å². The van der Waals surface area contributed by atoms with E-state index < -0.39 is 9.05 Å². The Labute approximate surface area is 111 Å². The summed E-state index contributed by atoms with van der Waals surface area (Å²) >= 11 is 0. The highest BCUT2D eigenvalue weighted by molar-refractivity contribution is 8.13. The number of amides is 1. The van der Waals surface area contributed by atoms with Gasteiger partial charge in [0.1, 0.15) is 0 Å². The number of halogens is 1. The number of rotatable bonds is 3. The summed E-state index contributed by atoms with van der Waals surface area (Å²) in [7, 11) is 1.67. The predicted molar refractivity (Wildman–Crippen MR) is 71.3 cm³/mol. The van der Waals surface area contributed by atoms with Gasteiger partial charge in [0.15, 0.2) is 0 Å². The van der Waals surface area contributed by atoms with E-state index in [2.05, 4.69) is 0 Å². The molecule has 0 saturated carbocycles. The Morgan fingerprint density at radius 2 is 1.94 bits per heavy atom. The van der Waals surface area contributed by atoms with E-state index in [1.807, 2.05) is 31.2 Å². The molecule has 1 atom stereocenters. The molecule has 0 bridgehead atoms. The van der Waals surface area contributed by atoms with Crippen molar-refractivity contribution in [1.82, 2.24) is 0 Å². The van der Waals surface area contributed by atoms with Gasteiger partial charge in [-0.2, -0.15) is 0 Å². The van der Waals surface area contributed by atoms with E-state index >= 15 is 0 Å². The fourth-order valence-electron chi connectivity index (χ4n) is 2.15. The molecule has 18 heavy (non-hydrogen) atoms. The zero-order chi connectivity index (χ0) is 13.3. The van der Waals surface area contributed by atoms with Crippen molar-refractivity contribution < 1.29 is 13.2 Å². The number of aryl methyl sites for hydroxylation is 1. The van der Waals surface area contributed by atoms with Crippen LogP contribution in [0, 0.1) is 12.8 Å². The van der Waals surface area contributed by atoms with Gasteiger partial charge in [0.2, 0.25) is 15.0 Å². The number of nitrogens with zero attached hydrogens (tertiary/aromatic N) is 1. The standard InChI is InChI=1S/C12H14ClNO3S/c1-9-2-4-11(5-3-9)14-7-10(6-12(14)15)8-18(13,16)17/h2-5,10H,6-8H2,1H3. The van der Waals surface area contributed by atoms with Gasteiger partial charge in [0.25, 0.3) is 0 Å². The average Bonchev–Trinajstić information content (AvgIpc) is 2.58. The lowest BCUT2D eigenvalue weighted by atomic mass is 10.1. The van der Waals surface area contributed by atoms with Gasteiger partial charge in [-0.15, -0.1) is 0 Å². The van der Waals surface area contributed by atoms with Crippen LogP contribution in [0.4, 0.5) is 5.69 Å². The maximum Gasteiger partial charge on any atom is 0.232 e. The van der Waals surface area contributed by atoms with Crippen LogP contribution in [0.25, 0.3) is 0 Å². The Kier molecular flexibility index (Phi) is 3.64. The minimum absolute atomic E-state index is 0.0517. The van der Waals surface area contributed by atoms with Crippen LogP contribution in [0.2, 0.25) is 0 Å². The van der Waals surface area contributed by atoms with Gasteiger partial charge >= 0.3 is 0 Å². The van der Waals surface area contributed by atoms with E-state index in [0.29, 0.717) is 6.54 Å². The largest absolute Gasteiger partial charge is 0.312 e. The third-order valence-corrected chi connectivity index (χ3v) is 4.23. The van der Waals surface area contributed by atoms with Gasteiger partial charge in [-0.1, -0.05) is 17.7 Å². The Hall–Kier alpha value is -1.07. The molecule has 1 aliphatic rings. The van der Waals surface area contributed by atoms with Gasteiger partial charge in [0.05, 0.1) is 5.75 Å². The zero-order valence-corrected chi connectivity index (χ0v) is 11.5. The summed E-state index contributed by atoms with van der Waals surface area (Å²) in [6.07, 6.45) is 0.236. The van der Waals surface area contributed by atoms with Gasteiger partial charge in [-0.05, 0) is 19.1 Å². The van der Waals surface area contributed by atoms with E-state index in [1.165, 1.54) is 0 Å². The van der Waals surface area contributed by atoms with E-state index in [9.17, 15) is 13.2 Å². The summed E-state index contributed by atoms with van der Waals surface area (Å²) in [5.41, 5.74) is 1.92. The fraction of sp³-hybridized carbons (Fsp3) is 0.417. The molecule has 1 heterocycles. The molecule has 0 radical (unpaired) electrons. The number of benzene rings is 1. The summed E-state index contributed by atoms with van der Waals surface area (Å²) in [5.74, 6) is -0.423. The molecule has 1 fully saturated rings. The average molecular weight is 288 g/mol. The lowest BCUT2D eigenvalue weighted by Crippen LogP contribution is -2.25. The third kappa shape index (κ3) is 3.23. The highest BCUT2D eigenvalue weighted by atomic mass is 35.7. The summed E-state index contributed by atoms with van der Waals surface area (Å²) < 4.78 is 22.0. The first-order valence-electron chi connectivity index (χ1n) is 5.64. The second-order valence-corrected chi connectivity index (χ2v) is 7.44. The number of carbonyl (C=O) groups is 1. The first kappa shape index (κ1) is 13.4. The number of hydrogen-bond acceptors (Lipinski definition) is 3. The van der Waals surface area contributed by atoms with E-state index in [0.717, 1.165) is 11.3 Å². The summed E-state index contributed by atoms with van der Waals surface area (Å²) in [6, 6.07) is 7.58. The molecule has 1 aromatic rings. The van der Waals surface area contributed by atoms with E-state index in [1.54, 1.807) is 4.90 Å². The zero-order valence-electron chi connectivity index (χ0n) is 9.97. The molecule has 2 rings (SSSR count). The molecule has 4 nitrogen and oxygen atoms in total. The highest BCUT2D eigenvalue weighted by Crippen LogP contribution is 2.26. The van der Waals surface area contributed by atoms with E-state index in [4.69, 9.17) is 10.7 Å². The molecule has 0 aliphatic carbocycles. The maximum atomic E-state index is 11.8. The monoisotopic (exact) mass is 287 g/mol. The maximum absolute atomic E-state index is 11.8. The van der Waals surface area contributed by atoms with Crippen LogP contribution in [0.5, 0.6) is 0 Å². The molecule has 1 amide bonds. The molecular formula is C12H14ClNO3S.